The molecular formula is C54H67ClF3N7O6S3Y-2. The van der Waals surface area contributed by atoms with E-state index < -0.39 is 28.8 Å². The van der Waals surface area contributed by atoms with E-state index in [0.717, 1.165) is 119 Å². The van der Waals surface area contributed by atoms with Crippen LogP contribution in [0, 0.1) is 11.3 Å². The van der Waals surface area contributed by atoms with Crippen molar-refractivity contribution in [2.24, 2.45) is 16.5 Å². The topological polar surface area (TPSA) is 150 Å². The predicted molar refractivity (Wildman–Crippen MR) is 291 cm³/mol. The van der Waals surface area contributed by atoms with E-state index in [1.807, 2.05) is 54.6 Å². The first kappa shape index (κ1) is 60.1. The van der Waals surface area contributed by atoms with Gasteiger partial charge in [-0.25, -0.2) is 0 Å². The largest absolute Gasteiger partial charge is 0.760 e. The van der Waals surface area contributed by atoms with Crippen LogP contribution in [-0.4, -0.2) is 145 Å². The van der Waals surface area contributed by atoms with Crippen molar-refractivity contribution in [3.63, 3.8) is 0 Å². The zero-order valence-electron chi connectivity index (χ0n) is 42.2. The van der Waals surface area contributed by atoms with Crippen molar-refractivity contribution in [1.29, 1.82) is 0 Å². The van der Waals surface area contributed by atoms with Crippen LogP contribution in [-0.2, 0) is 53.0 Å². The number of carbonyl (C=O) groups excluding carboxylic acids is 1. The van der Waals surface area contributed by atoms with E-state index in [9.17, 15) is 18.0 Å². The molecule has 4 aliphatic heterocycles. The van der Waals surface area contributed by atoms with Crippen LogP contribution in [0.2, 0.25) is 5.02 Å². The molecule has 1 aliphatic carbocycles. The van der Waals surface area contributed by atoms with Gasteiger partial charge in [0.1, 0.15) is 0 Å². The smallest absolute Gasteiger partial charge is 0.471 e. The molecule has 405 valence electrons. The molecule has 3 N–H and O–H groups in total. The number of carbonyl (C=O) groups is 1. The molecule has 1 radical (unpaired) electrons. The summed E-state index contributed by atoms with van der Waals surface area (Å²) < 4.78 is 67.4. The van der Waals surface area contributed by atoms with Crippen molar-refractivity contribution in [2.45, 2.75) is 61.4 Å². The second-order valence-corrected chi connectivity index (χ2v) is 22.7. The van der Waals surface area contributed by atoms with Crippen molar-refractivity contribution in [2.75, 3.05) is 114 Å². The average Bonchev–Trinajstić information content (AvgIpc) is 3.67. The molecule has 5 aliphatic rings. The predicted octanol–water partition coefficient (Wildman–Crippen LogP) is 10.3. The summed E-state index contributed by atoms with van der Waals surface area (Å²) in [7, 11) is 0. The Kier molecular flexibility index (Phi) is 23.7. The summed E-state index contributed by atoms with van der Waals surface area (Å²) in [6.07, 6.45) is 7.67. The van der Waals surface area contributed by atoms with E-state index >= 15 is 0 Å². The third kappa shape index (κ3) is 18.8. The SMILES string of the molecule is NS(=O)[O-].O=C(c1ccc(N2CCN(CC3=C(c4ccc(Cl)cc4)CCC4(C3)CN(CC3CC[N-]CC3)C4)CC2)cc1)c1ccc(NC(CCN2CCCOCC2)CSc2ccccc2)c(OOSC(F)(F)F)c1.[Y]. The molecule has 4 aromatic carbocycles. The first-order valence-electron chi connectivity index (χ1n) is 25.5. The first-order chi connectivity index (χ1) is 35.8. The summed E-state index contributed by atoms with van der Waals surface area (Å²) in [5, 5.41) is 12.9. The number of benzene rings is 4. The Hall–Kier alpha value is -2.60. The van der Waals surface area contributed by atoms with Gasteiger partial charge in [0, 0.05) is 161 Å². The number of halogens is 4. The van der Waals surface area contributed by atoms with Gasteiger partial charge in [-0.2, -0.15) is 13.2 Å². The van der Waals surface area contributed by atoms with Crippen LogP contribution in [0.25, 0.3) is 10.9 Å². The van der Waals surface area contributed by atoms with Crippen molar-refractivity contribution in [3.05, 3.63) is 130 Å². The van der Waals surface area contributed by atoms with Gasteiger partial charge in [0.2, 0.25) is 0 Å². The van der Waals surface area contributed by atoms with Gasteiger partial charge in [0.05, 0.1) is 12.3 Å². The van der Waals surface area contributed by atoms with Gasteiger partial charge < -0.3 is 39.5 Å². The minimum atomic E-state index is -4.68. The Labute approximate surface area is 481 Å². The van der Waals surface area contributed by atoms with Crippen LogP contribution in [0.5, 0.6) is 5.75 Å². The summed E-state index contributed by atoms with van der Waals surface area (Å²) >= 11 is 4.93. The minimum absolute atomic E-state index is 0. The van der Waals surface area contributed by atoms with Crippen molar-refractivity contribution in [1.82, 2.24) is 14.7 Å². The number of nitrogens with zero attached hydrogens (tertiary/aromatic N) is 5. The number of piperazine rings is 1. The Morgan fingerprint density at radius 2 is 1.63 bits per heavy atom. The van der Waals surface area contributed by atoms with Crippen molar-refractivity contribution in [3.8, 4) is 5.75 Å². The van der Waals surface area contributed by atoms with Gasteiger partial charge in [-0.1, -0.05) is 60.3 Å². The third-order valence-electron chi connectivity index (χ3n) is 14.6. The summed E-state index contributed by atoms with van der Waals surface area (Å²) in [5.74, 6) is 1.20. The number of ketones is 1. The Bertz CT molecular complexity index is 2460. The molecule has 21 heteroatoms. The number of thioether (sulfide) groups is 1. The molecule has 4 heterocycles. The number of rotatable bonds is 19. The maximum Gasteiger partial charge on any atom is 0.471 e. The standard InChI is InChI=1S/C54H65ClF3N6O4S2.H3NO2S.Y/c55-45-12-7-41(8-13-45)49-17-21-53(38-63(39-53)35-40-18-22-59-23-19-40)34-44(49)36-62-26-28-64(29-27-62)47-14-9-42(10-15-47)52(65)43-11-16-50(51(33-43)67-68-70-54(56,57)58)60-46(37-69-48-5-2-1-3-6-48)20-25-61-24-4-31-66-32-30-61;1-4(2)3;/h1-3,5-16,33,40,46,60H,4,17-32,34-39H2;1H2,(H,2,3);/q-1;;/p-1. The summed E-state index contributed by atoms with van der Waals surface area (Å²) in [6, 6.07) is 30.9. The summed E-state index contributed by atoms with van der Waals surface area (Å²) in [6.45, 7) is 14.2. The van der Waals surface area contributed by atoms with Crippen LogP contribution in [0.3, 0.4) is 0 Å². The molecule has 9 rings (SSSR count). The number of hydrogen-bond acceptors (Lipinski definition) is 13. The molecular weight excluding hydrogens is 1120 g/mol. The number of nitrogens with one attached hydrogen (secondary N) is 1. The molecule has 0 bridgehead atoms. The van der Waals surface area contributed by atoms with Crippen LogP contribution >= 0.6 is 35.4 Å². The number of allylic oxidation sites excluding steroid dienone is 1. The van der Waals surface area contributed by atoms with Gasteiger partial charge in [-0.3, -0.25) is 19.0 Å². The van der Waals surface area contributed by atoms with Crippen LogP contribution in [0.15, 0.2) is 108 Å². The zero-order valence-corrected chi connectivity index (χ0v) is 48.3. The molecule has 1 spiro atoms. The second-order valence-electron chi connectivity index (χ2n) is 19.9. The van der Waals surface area contributed by atoms with E-state index in [1.165, 1.54) is 56.1 Å². The van der Waals surface area contributed by atoms with E-state index in [-0.39, 0.29) is 55.8 Å². The molecule has 4 aromatic rings. The summed E-state index contributed by atoms with van der Waals surface area (Å²) in [4.78, 5) is 30.5. The number of nitrogens with two attached hydrogens (primary N) is 1. The van der Waals surface area contributed by atoms with Crippen LogP contribution in [0.1, 0.15) is 66.4 Å². The summed E-state index contributed by atoms with van der Waals surface area (Å²) in [5.41, 5.74) is 2.27. The van der Waals surface area contributed by atoms with E-state index in [0.29, 0.717) is 29.0 Å². The Morgan fingerprint density at radius 3 is 2.33 bits per heavy atom. The monoisotopic (exact) mass is 1190 g/mol. The van der Waals surface area contributed by atoms with E-state index in [4.69, 9.17) is 30.0 Å². The second kappa shape index (κ2) is 29.6. The quantitative estimate of drug-likeness (QED) is 0.0229. The first-order valence-corrected chi connectivity index (χ1v) is 28.8. The number of likely N-dealkylation sites (tertiary alicyclic amines) is 1. The fraction of sp³-hybridized carbons (Fsp3) is 0.500. The molecule has 4 fully saturated rings. The maximum atomic E-state index is 14.0. The number of hydrogen-bond donors (Lipinski definition) is 2. The molecule has 4 saturated heterocycles. The zero-order chi connectivity index (χ0) is 51.9. The van der Waals surface area contributed by atoms with Gasteiger partial charge in [-0.15, -0.1) is 29.2 Å². The Morgan fingerprint density at radius 1 is 0.920 bits per heavy atom. The van der Waals surface area contributed by atoms with E-state index in [1.54, 1.807) is 29.5 Å². The van der Waals surface area contributed by atoms with Crippen LogP contribution in [0.4, 0.5) is 24.5 Å². The van der Waals surface area contributed by atoms with Gasteiger partial charge in [-0.05, 0) is 121 Å². The number of anilines is 2. The van der Waals surface area contributed by atoms with Gasteiger partial charge in [0.15, 0.2) is 23.6 Å². The number of ether oxygens (including phenoxy) is 1. The van der Waals surface area contributed by atoms with E-state index in [2.05, 4.69) is 64.0 Å². The fourth-order valence-corrected chi connectivity index (χ4v) is 12.2. The number of alkyl halides is 3. The average molecular weight is 1190 g/mol. The third-order valence-corrected chi connectivity index (χ3v) is 16.3. The normalized spacial score (nSPS) is 19.7. The molecule has 75 heavy (non-hydrogen) atoms. The molecule has 13 nitrogen and oxygen atoms in total. The minimum Gasteiger partial charge on any atom is -0.760 e. The van der Waals surface area contributed by atoms with Crippen molar-refractivity contribution < 1.29 is 73.4 Å². The molecule has 0 amide bonds. The van der Waals surface area contributed by atoms with Crippen LogP contribution < -0.4 is 20.2 Å². The molecule has 2 unspecified atom stereocenters. The maximum absolute atomic E-state index is 14.0. The molecule has 2 atom stereocenters. The number of piperidine rings is 1. The van der Waals surface area contributed by atoms with Gasteiger partial charge in [0.25, 0.3) is 0 Å². The fourth-order valence-electron chi connectivity index (χ4n) is 10.9. The van der Waals surface area contributed by atoms with Crippen molar-refractivity contribution >= 4 is 69.4 Å². The molecule has 0 saturated carbocycles. The molecule has 0 aromatic heterocycles. The van der Waals surface area contributed by atoms with Gasteiger partial charge >= 0.3 is 5.51 Å². The Balaban J connectivity index is 0.00000158.